The Kier molecular flexibility index (Phi) is 3.41. The van der Waals surface area contributed by atoms with E-state index < -0.39 is 0 Å². The van der Waals surface area contributed by atoms with Gasteiger partial charge in [0.1, 0.15) is 5.75 Å². The lowest BCUT2D eigenvalue weighted by Gasteiger charge is -2.07. The summed E-state index contributed by atoms with van der Waals surface area (Å²) in [4.78, 5) is 12.0. The Balaban J connectivity index is 2.46. The van der Waals surface area contributed by atoms with E-state index in [2.05, 4.69) is 0 Å². The van der Waals surface area contributed by atoms with Crippen LogP contribution >= 0.6 is 23.2 Å². The Morgan fingerprint density at radius 2 is 2.06 bits per heavy atom. The standard InChI is InChI=1S/C12H8Cl2O3/c1-16-11-6-8(13)7(5-9(11)14)12(15)10-3-2-4-17-10/h2-6H,1H3. The largest absolute Gasteiger partial charge is 0.495 e. The maximum Gasteiger partial charge on any atom is 0.229 e. The topological polar surface area (TPSA) is 39.4 Å². The minimum Gasteiger partial charge on any atom is -0.495 e. The highest BCUT2D eigenvalue weighted by atomic mass is 35.5. The monoisotopic (exact) mass is 270 g/mol. The smallest absolute Gasteiger partial charge is 0.229 e. The second-order valence-corrected chi connectivity index (χ2v) is 4.09. The molecule has 0 saturated heterocycles. The van der Waals surface area contributed by atoms with Gasteiger partial charge in [-0.2, -0.15) is 0 Å². The number of carbonyl (C=O) groups is 1. The Hall–Kier alpha value is -1.45. The van der Waals surface area contributed by atoms with Crippen LogP contribution in [0.3, 0.4) is 0 Å². The molecule has 0 aliphatic rings. The van der Waals surface area contributed by atoms with Crippen LogP contribution in [0.15, 0.2) is 34.9 Å². The van der Waals surface area contributed by atoms with Gasteiger partial charge in [0.05, 0.1) is 23.4 Å². The maximum absolute atomic E-state index is 12.0. The summed E-state index contributed by atoms with van der Waals surface area (Å²) in [5, 5.41) is 0.597. The van der Waals surface area contributed by atoms with Gasteiger partial charge in [-0.05, 0) is 18.2 Å². The van der Waals surface area contributed by atoms with Crippen molar-refractivity contribution >= 4 is 29.0 Å². The van der Waals surface area contributed by atoms with Crippen LogP contribution < -0.4 is 4.74 Å². The first-order chi connectivity index (χ1) is 8.13. The van der Waals surface area contributed by atoms with Gasteiger partial charge in [-0.25, -0.2) is 0 Å². The number of halogens is 2. The highest BCUT2D eigenvalue weighted by molar-refractivity contribution is 6.37. The number of benzene rings is 1. The fourth-order valence-corrected chi connectivity index (χ4v) is 1.88. The Labute approximate surface area is 108 Å². The zero-order valence-electron chi connectivity index (χ0n) is 8.87. The average molecular weight is 271 g/mol. The maximum atomic E-state index is 12.0. The highest BCUT2D eigenvalue weighted by Crippen LogP contribution is 2.32. The summed E-state index contributed by atoms with van der Waals surface area (Å²) < 4.78 is 10.0. The number of ether oxygens (including phenoxy) is 1. The van der Waals surface area contributed by atoms with E-state index in [-0.39, 0.29) is 22.1 Å². The van der Waals surface area contributed by atoms with Crippen molar-refractivity contribution in [3.8, 4) is 5.75 Å². The van der Waals surface area contributed by atoms with Gasteiger partial charge in [-0.15, -0.1) is 0 Å². The fourth-order valence-electron chi connectivity index (χ4n) is 1.40. The third kappa shape index (κ3) is 2.30. The van der Waals surface area contributed by atoms with Gasteiger partial charge in [0.2, 0.25) is 5.78 Å². The lowest BCUT2D eigenvalue weighted by atomic mass is 10.1. The molecule has 1 heterocycles. The number of methoxy groups -OCH3 is 1. The van der Waals surface area contributed by atoms with E-state index in [0.29, 0.717) is 10.8 Å². The highest BCUT2D eigenvalue weighted by Gasteiger charge is 2.17. The van der Waals surface area contributed by atoms with Crippen molar-refractivity contribution in [3.05, 3.63) is 51.9 Å². The summed E-state index contributed by atoms with van der Waals surface area (Å²) in [5.74, 6) is 0.324. The van der Waals surface area contributed by atoms with Crippen LogP contribution in [0.5, 0.6) is 5.75 Å². The van der Waals surface area contributed by atoms with Crippen molar-refractivity contribution in [2.75, 3.05) is 7.11 Å². The molecular formula is C12H8Cl2O3. The molecule has 5 heteroatoms. The van der Waals surface area contributed by atoms with Gasteiger partial charge in [0.15, 0.2) is 5.76 Å². The molecule has 1 aromatic heterocycles. The first-order valence-corrected chi connectivity index (χ1v) is 5.50. The molecule has 2 aromatic rings. The van der Waals surface area contributed by atoms with Gasteiger partial charge >= 0.3 is 0 Å². The van der Waals surface area contributed by atoms with E-state index in [1.165, 1.54) is 25.5 Å². The van der Waals surface area contributed by atoms with Gasteiger partial charge < -0.3 is 9.15 Å². The SMILES string of the molecule is COc1cc(Cl)c(C(=O)c2ccco2)cc1Cl. The molecular weight excluding hydrogens is 263 g/mol. The molecule has 0 spiro atoms. The fraction of sp³-hybridized carbons (Fsp3) is 0.0833. The van der Waals surface area contributed by atoms with Gasteiger partial charge in [-0.1, -0.05) is 23.2 Å². The van der Waals surface area contributed by atoms with Crippen LogP contribution in [0, 0.1) is 0 Å². The quantitative estimate of drug-likeness (QED) is 0.796. The normalized spacial score (nSPS) is 10.3. The van der Waals surface area contributed by atoms with Crippen LogP contribution in [-0.4, -0.2) is 12.9 Å². The molecule has 3 nitrogen and oxygen atoms in total. The van der Waals surface area contributed by atoms with E-state index >= 15 is 0 Å². The summed E-state index contributed by atoms with van der Waals surface area (Å²) >= 11 is 11.9. The molecule has 0 atom stereocenters. The first kappa shape index (κ1) is 12.0. The van der Waals surface area contributed by atoms with E-state index in [9.17, 15) is 4.79 Å². The van der Waals surface area contributed by atoms with Crippen LogP contribution in [0.25, 0.3) is 0 Å². The van der Waals surface area contributed by atoms with Gasteiger partial charge in [0, 0.05) is 11.6 Å². The number of hydrogen-bond donors (Lipinski definition) is 0. The Morgan fingerprint density at radius 1 is 1.29 bits per heavy atom. The molecule has 0 amide bonds. The molecule has 0 unspecified atom stereocenters. The third-order valence-corrected chi connectivity index (χ3v) is 2.84. The second-order valence-electron chi connectivity index (χ2n) is 3.27. The summed E-state index contributed by atoms with van der Waals surface area (Å²) in [6, 6.07) is 6.16. The van der Waals surface area contributed by atoms with E-state index in [1.54, 1.807) is 12.1 Å². The molecule has 1 aromatic carbocycles. The zero-order valence-corrected chi connectivity index (χ0v) is 10.4. The van der Waals surface area contributed by atoms with Crippen molar-refractivity contribution in [1.29, 1.82) is 0 Å². The number of furan rings is 1. The Morgan fingerprint density at radius 3 is 2.65 bits per heavy atom. The van der Waals surface area contributed by atoms with Crippen molar-refractivity contribution < 1.29 is 13.9 Å². The number of hydrogen-bond acceptors (Lipinski definition) is 3. The summed E-state index contributed by atoms with van der Waals surface area (Å²) in [7, 11) is 1.48. The molecule has 0 aliphatic carbocycles. The molecule has 88 valence electrons. The van der Waals surface area contributed by atoms with Crippen LogP contribution in [0.4, 0.5) is 0 Å². The summed E-state index contributed by atoms with van der Waals surface area (Å²) in [6.07, 6.45) is 1.42. The predicted molar refractivity (Wildman–Crippen MR) is 65.2 cm³/mol. The number of carbonyl (C=O) groups excluding carboxylic acids is 1. The molecule has 17 heavy (non-hydrogen) atoms. The molecule has 0 bridgehead atoms. The minimum absolute atomic E-state index is 0.216. The minimum atomic E-state index is -0.315. The first-order valence-electron chi connectivity index (χ1n) is 4.74. The zero-order chi connectivity index (χ0) is 12.4. The molecule has 0 aliphatic heterocycles. The van der Waals surface area contributed by atoms with E-state index in [4.69, 9.17) is 32.4 Å². The summed E-state index contributed by atoms with van der Waals surface area (Å²) in [5.41, 5.74) is 0.285. The van der Waals surface area contributed by atoms with Crippen LogP contribution in [0.2, 0.25) is 10.0 Å². The molecule has 0 radical (unpaired) electrons. The van der Waals surface area contributed by atoms with Gasteiger partial charge in [0.25, 0.3) is 0 Å². The van der Waals surface area contributed by atoms with Crippen molar-refractivity contribution in [1.82, 2.24) is 0 Å². The molecule has 0 fully saturated rings. The molecule has 0 saturated carbocycles. The van der Waals surface area contributed by atoms with Crippen molar-refractivity contribution in [2.45, 2.75) is 0 Å². The molecule has 0 N–H and O–H groups in total. The van der Waals surface area contributed by atoms with Crippen molar-refractivity contribution in [2.24, 2.45) is 0 Å². The van der Waals surface area contributed by atoms with E-state index in [0.717, 1.165) is 0 Å². The number of ketones is 1. The van der Waals surface area contributed by atoms with E-state index in [1.807, 2.05) is 0 Å². The average Bonchev–Trinajstić information content (AvgIpc) is 2.84. The predicted octanol–water partition coefficient (Wildman–Crippen LogP) is 3.83. The summed E-state index contributed by atoms with van der Waals surface area (Å²) in [6.45, 7) is 0. The third-order valence-electron chi connectivity index (χ3n) is 2.23. The van der Waals surface area contributed by atoms with Crippen molar-refractivity contribution in [3.63, 3.8) is 0 Å². The van der Waals surface area contributed by atoms with Crippen LogP contribution in [0.1, 0.15) is 16.1 Å². The second kappa shape index (κ2) is 4.82. The van der Waals surface area contributed by atoms with Gasteiger partial charge in [-0.3, -0.25) is 4.79 Å². The van der Waals surface area contributed by atoms with Crippen LogP contribution in [-0.2, 0) is 0 Å². The number of rotatable bonds is 3. The lowest BCUT2D eigenvalue weighted by molar-refractivity contribution is 0.101. The lowest BCUT2D eigenvalue weighted by Crippen LogP contribution is -2.01. The molecule has 2 rings (SSSR count). The Bertz CT molecular complexity index is 547.